The van der Waals surface area contributed by atoms with E-state index in [1.54, 1.807) is 0 Å². The highest BCUT2D eigenvalue weighted by Gasteiger charge is 2.26. The molecule has 0 saturated carbocycles. The van der Waals surface area contributed by atoms with E-state index in [1.165, 1.54) is 16.8 Å². The van der Waals surface area contributed by atoms with Crippen LogP contribution in [0.15, 0.2) is 72.4 Å². The Morgan fingerprint density at radius 3 is 2.00 bits per heavy atom. The molecule has 1 aliphatic rings. The second-order valence-electron chi connectivity index (χ2n) is 5.20. The van der Waals surface area contributed by atoms with Crippen molar-refractivity contribution in [2.75, 3.05) is 6.54 Å². The fraction of sp³-hybridized carbons (Fsp3) is 0.222. The third-order valence-corrected chi connectivity index (χ3v) is 3.88. The molecule has 0 aliphatic carbocycles. The van der Waals surface area contributed by atoms with E-state index in [1.807, 2.05) is 24.3 Å². The van der Waals surface area contributed by atoms with Gasteiger partial charge in [-0.1, -0.05) is 66.7 Å². The van der Waals surface area contributed by atoms with Crippen LogP contribution in [0, 0.1) is 0 Å². The molecule has 20 heavy (non-hydrogen) atoms. The maximum Gasteiger partial charge on any atom is 0.0427 e. The van der Waals surface area contributed by atoms with Crippen molar-refractivity contribution in [1.29, 1.82) is 0 Å². The van der Waals surface area contributed by atoms with Crippen molar-refractivity contribution in [3.63, 3.8) is 0 Å². The van der Waals surface area contributed by atoms with Crippen molar-refractivity contribution >= 4 is 0 Å². The van der Waals surface area contributed by atoms with Crippen LogP contribution < -0.4 is 11.1 Å². The van der Waals surface area contributed by atoms with Crippen molar-refractivity contribution < 1.29 is 0 Å². The van der Waals surface area contributed by atoms with Gasteiger partial charge in [-0.05, 0) is 17.5 Å². The Hall–Kier alpha value is -2.06. The van der Waals surface area contributed by atoms with Gasteiger partial charge in [0.15, 0.2) is 0 Å². The maximum atomic E-state index is 6.57. The fourth-order valence-electron chi connectivity index (χ4n) is 2.86. The lowest BCUT2D eigenvalue weighted by Gasteiger charge is -2.26. The molecule has 0 bridgehead atoms. The van der Waals surface area contributed by atoms with Gasteiger partial charge in [-0.15, -0.1) is 0 Å². The Bertz CT molecular complexity index is 575. The van der Waals surface area contributed by atoms with Gasteiger partial charge in [0.1, 0.15) is 0 Å². The molecule has 1 aliphatic heterocycles. The van der Waals surface area contributed by atoms with E-state index in [2.05, 4.69) is 47.8 Å². The van der Waals surface area contributed by atoms with Crippen LogP contribution in [0.1, 0.15) is 29.5 Å². The molecule has 102 valence electrons. The molecule has 0 fully saturated rings. The van der Waals surface area contributed by atoms with Gasteiger partial charge in [0.2, 0.25) is 0 Å². The lowest BCUT2D eigenvalue weighted by molar-refractivity contribution is 0.590. The van der Waals surface area contributed by atoms with E-state index in [0.29, 0.717) is 0 Å². The number of nitrogens with two attached hydrogens (primary N) is 1. The zero-order valence-electron chi connectivity index (χ0n) is 11.5. The standard InChI is InChI=1S/C18H20N2/c19-18(15-10-5-2-6-11-15)17(16-12-7-13-20-16)14-8-3-1-4-9-14/h1-6,8-12,17-18,20H,7,13,19H2. The topological polar surface area (TPSA) is 38.0 Å². The first kappa shape index (κ1) is 12.9. The maximum absolute atomic E-state index is 6.57. The summed E-state index contributed by atoms with van der Waals surface area (Å²) in [6.07, 6.45) is 3.36. The number of hydrogen-bond acceptors (Lipinski definition) is 2. The molecule has 2 aromatic rings. The molecule has 2 nitrogen and oxygen atoms in total. The minimum atomic E-state index is -0.0320. The van der Waals surface area contributed by atoms with E-state index < -0.39 is 0 Å². The molecule has 0 radical (unpaired) electrons. The van der Waals surface area contributed by atoms with Gasteiger partial charge in [0.05, 0.1) is 0 Å². The van der Waals surface area contributed by atoms with Gasteiger partial charge >= 0.3 is 0 Å². The molecule has 3 N–H and O–H groups in total. The minimum absolute atomic E-state index is 0.0320. The van der Waals surface area contributed by atoms with E-state index in [4.69, 9.17) is 5.73 Å². The van der Waals surface area contributed by atoms with Crippen molar-refractivity contribution in [2.45, 2.75) is 18.4 Å². The quantitative estimate of drug-likeness (QED) is 0.888. The molecule has 2 atom stereocenters. The Labute approximate surface area is 120 Å². The third-order valence-electron chi connectivity index (χ3n) is 3.88. The lowest BCUT2D eigenvalue weighted by Crippen LogP contribution is -2.26. The van der Waals surface area contributed by atoms with Gasteiger partial charge in [-0.3, -0.25) is 0 Å². The molecule has 0 aromatic heterocycles. The van der Waals surface area contributed by atoms with Crippen LogP contribution in [-0.2, 0) is 0 Å². The predicted octanol–water partition coefficient (Wildman–Crippen LogP) is 3.35. The first-order chi connectivity index (χ1) is 9.86. The Morgan fingerprint density at radius 1 is 0.850 bits per heavy atom. The molecule has 1 heterocycles. The number of rotatable bonds is 4. The number of nitrogens with one attached hydrogen (secondary N) is 1. The van der Waals surface area contributed by atoms with E-state index in [9.17, 15) is 0 Å². The first-order valence-electron chi connectivity index (χ1n) is 7.15. The second-order valence-corrected chi connectivity index (χ2v) is 5.20. The smallest absolute Gasteiger partial charge is 0.0427 e. The fourth-order valence-corrected chi connectivity index (χ4v) is 2.86. The van der Waals surface area contributed by atoms with Gasteiger partial charge in [-0.25, -0.2) is 0 Å². The Balaban J connectivity index is 1.98. The normalized spacial score (nSPS) is 17.1. The molecular formula is C18H20N2. The molecule has 0 amide bonds. The summed E-state index contributed by atoms with van der Waals surface area (Å²) in [5, 5.41) is 3.49. The summed E-state index contributed by atoms with van der Waals surface area (Å²) >= 11 is 0. The highest BCUT2D eigenvalue weighted by atomic mass is 14.9. The third kappa shape index (κ3) is 2.61. The molecule has 2 heteroatoms. The van der Waals surface area contributed by atoms with Crippen LogP contribution in [0.4, 0.5) is 0 Å². The van der Waals surface area contributed by atoms with Crippen LogP contribution in [-0.4, -0.2) is 6.54 Å². The van der Waals surface area contributed by atoms with Gasteiger partial charge in [0, 0.05) is 24.2 Å². The summed E-state index contributed by atoms with van der Waals surface area (Å²) in [5.74, 6) is 0.195. The van der Waals surface area contributed by atoms with Crippen molar-refractivity contribution in [3.05, 3.63) is 83.6 Å². The largest absolute Gasteiger partial charge is 0.388 e. The van der Waals surface area contributed by atoms with Gasteiger partial charge in [-0.2, -0.15) is 0 Å². The zero-order chi connectivity index (χ0) is 13.8. The van der Waals surface area contributed by atoms with Crippen LogP contribution in [0.5, 0.6) is 0 Å². The summed E-state index contributed by atoms with van der Waals surface area (Å²) < 4.78 is 0. The summed E-state index contributed by atoms with van der Waals surface area (Å²) in [6, 6.07) is 20.8. The highest BCUT2D eigenvalue weighted by Crippen LogP contribution is 2.35. The van der Waals surface area contributed by atoms with Crippen molar-refractivity contribution in [3.8, 4) is 0 Å². The van der Waals surface area contributed by atoms with Gasteiger partial charge in [0.25, 0.3) is 0 Å². The SMILES string of the molecule is NC(c1ccccc1)C(C1=CCCN1)c1ccccc1. The lowest BCUT2D eigenvalue weighted by atomic mass is 9.85. The van der Waals surface area contributed by atoms with E-state index in [-0.39, 0.29) is 12.0 Å². The average Bonchev–Trinajstić information content (AvgIpc) is 3.03. The second kappa shape index (κ2) is 5.93. The monoisotopic (exact) mass is 264 g/mol. The molecule has 0 spiro atoms. The molecular weight excluding hydrogens is 244 g/mol. The summed E-state index contributed by atoms with van der Waals surface area (Å²) in [5.41, 5.74) is 10.3. The number of hydrogen-bond donors (Lipinski definition) is 2. The highest BCUT2D eigenvalue weighted by molar-refractivity contribution is 5.35. The molecule has 0 saturated heterocycles. The Morgan fingerprint density at radius 2 is 1.45 bits per heavy atom. The summed E-state index contributed by atoms with van der Waals surface area (Å²) in [6.45, 7) is 1.01. The zero-order valence-corrected chi connectivity index (χ0v) is 11.5. The Kier molecular flexibility index (Phi) is 3.84. The predicted molar refractivity (Wildman–Crippen MR) is 83.3 cm³/mol. The van der Waals surface area contributed by atoms with E-state index >= 15 is 0 Å². The molecule has 2 unspecified atom stereocenters. The summed E-state index contributed by atoms with van der Waals surface area (Å²) in [4.78, 5) is 0. The molecule has 2 aromatic carbocycles. The van der Waals surface area contributed by atoms with Crippen LogP contribution >= 0.6 is 0 Å². The van der Waals surface area contributed by atoms with Gasteiger partial charge < -0.3 is 11.1 Å². The summed E-state index contributed by atoms with van der Waals surface area (Å²) in [7, 11) is 0. The van der Waals surface area contributed by atoms with Crippen LogP contribution in [0.2, 0.25) is 0 Å². The van der Waals surface area contributed by atoms with Crippen LogP contribution in [0.3, 0.4) is 0 Å². The number of benzene rings is 2. The average molecular weight is 264 g/mol. The first-order valence-corrected chi connectivity index (χ1v) is 7.15. The van der Waals surface area contributed by atoms with Crippen LogP contribution in [0.25, 0.3) is 0 Å². The van der Waals surface area contributed by atoms with Crippen molar-refractivity contribution in [2.24, 2.45) is 5.73 Å². The molecule has 3 rings (SSSR count). The van der Waals surface area contributed by atoms with E-state index in [0.717, 1.165) is 13.0 Å². The van der Waals surface area contributed by atoms with Crippen molar-refractivity contribution in [1.82, 2.24) is 5.32 Å². The minimum Gasteiger partial charge on any atom is -0.388 e.